The van der Waals surface area contributed by atoms with Crippen molar-refractivity contribution in [2.24, 2.45) is 0 Å². The van der Waals surface area contributed by atoms with Gasteiger partial charge in [-0.25, -0.2) is 8.42 Å². The van der Waals surface area contributed by atoms with E-state index in [0.717, 1.165) is 6.26 Å². The van der Waals surface area contributed by atoms with E-state index in [-0.39, 0.29) is 16.2 Å². The number of ether oxygens (including phenoxy) is 1. The van der Waals surface area contributed by atoms with E-state index >= 15 is 0 Å². The summed E-state index contributed by atoms with van der Waals surface area (Å²) < 4.78 is 51.7. The summed E-state index contributed by atoms with van der Waals surface area (Å²) in [4.78, 5) is 12.1. The van der Waals surface area contributed by atoms with E-state index in [9.17, 15) is 22.0 Å². The highest BCUT2D eigenvalue weighted by Crippen LogP contribution is 2.20. The molecule has 23 heavy (non-hydrogen) atoms. The van der Waals surface area contributed by atoms with Gasteiger partial charge < -0.3 is 10.1 Å². The Hall–Kier alpha value is -2.48. The van der Waals surface area contributed by atoms with Crippen molar-refractivity contribution in [3.8, 4) is 5.75 Å². The third kappa shape index (κ3) is 4.49. The topological polar surface area (TPSA) is 72.5 Å². The molecule has 0 bridgehead atoms. The summed E-state index contributed by atoms with van der Waals surface area (Å²) in [7, 11) is -3.56. The lowest BCUT2D eigenvalue weighted by molar-refractivity contribution is -0.0498. The summed E-state index contributed by atoms with van der Waals surface area (Å²) in [5, 5.41) is 2.50. The minimum Gasteiger partial charge on any atom is -0.435 e. The maximum atomic E-state index is 12.2. The molecule has 0 fully saturated rings. The molecule has 0 saturated heterocycles. The number of rotatable bonds is 5. The summed E-state index contributed by atoms with van der Waals surface area (Å²) in [6.07, 6.45) is 1.01. The van der Waals surface area contributed by atoms with E-state index in [1.165, 1.54) is 42.5 Å². The zero-order chi connectivity index (χ0) is 17.0. The highest BCUT2D eigenvalue weighted by atomic mass is 32.2. The highest BCUT2D eigenvalue weighted by Gasteiger charge is 2.18. The first kappa shape index (κ1) is 16.9. The maximum Gasteiger partial charge on any atom is 0.387 e. The standard InChI is InChI=1S/C15H13F2NO4S/c1-23(20,21)13-5-3-2-4-12(13)14(19)18-10-6-8-11(9-7-10)22-15(16)17/h2-9,15H,1H3,(H,18,19). The van der Waals surface area contributed by atoms with Gasteiger partial charge in [-0.15, -0.1) is 0 Å². The van der Waals surface area contributed by atoms with Crippen LogP contribution in [-0.2, 0) is 9.84 Å². The molecule has 0 saturated carbocycles. The van der Waals surface area contributed by atoms with Crippen LogP contribution in [0.1, 0.15) is 10.4 Å². The van der Waals surface area contributed by atoms with Crippen molar-refractivity contribution in [2.75, 3.05) is 11.6 Å². The summed E-state index contributed by atoms with van der Waals surface area (Å²) in [5.74, 6) is -0.664. The summed E-state index contributed by atoms with van der Waals surface area (Å²) >= 11 is 0. The lowest BCUT2D eigenvalue weighted by Crippen LogP contribution is -2.16. The van der Waals surface area contributed by atoms with Crippen LogP contribution in [0.15, 0.2) is 53.4 Å². The van der Waals surface area contributed by atoms with Gasteiger partial charge in [-0.05, 0) is 36.4 Å². The van der Waals surface area contributed by atoms with Gasteiger partial charge in [0.1, 0.15) is 5.75 Å². The fourth-order valence-electron chi connectivity index (χ4n) is 1.90. The molecule has 0 heterocycles. The number of sulfone groups is 1. The number of nitrogens with one attached hydrogen (secondary N) is 1. The number of amides is 1. The molecule has 2 aromatic carbocycles. The maximum absolute atomic E-state index is 12.2. The van der Waals surface area contributed by atoms with Gasteiger partial charge >= 0.3 is 6.61 Å². The van der Waals surface area contributed by atoms with Crippen molar-refractivity contribution in [1.82, 2.24) is 0 Å². The molecule has 2 aromatic rings. The van der Waals surface area contributed by atoms with Gasteiger partial charge in [0.05, 0.1) is 10.5 Å². The van der Waals surface area contributed by atoms with Crippen LogP contribution in [0, 0.1) is 0 Å². The predicted octanol–water partition coefficient (Wildman–Crippen LogP) is 2.94. The molecule has 0 aromatic heterocycles. The zero-order valence-corrected chi connectivity index (χ0v) is 12.8. The first-order chi connectivity index (χ1) is 10.8. The Morgan fingerprint density at radius 1 is 1.09 bits per heavy atom. The number of alkyl halides is 2. The lowest BCUT2D eigenvalue weighted by atomic mass is 10.2. The molecule has 0 aliphatic carbocycles. The molecule has 2 rings (SSSR count). The van der Waals surface area contributed by atoms with Gasteiger partial charge in [-0.1, -0.05) is 12.1 Å². The van der Waals surface area contributed by atoms with E-state index in [2.05, 4.69) is 10.1 Å². The smallest absolute Gasteiger partial charge is 0.387 e. The SMILES string of the molecule is CS(=O)(=O)c1ccccc1C(=O)Nc1ccc(OC(F)F)cc1. The summed E-state index contributed by atoms with van der Waals surface area (Å²) in [6.45, 7) is -2.93. The Kier molecular flexibility index (Phi) is 4.95. The minimum atomic E-state index is -3.56. The molecule has 0 aliphatic heterocycles. The third-order valence-electron chi connectivity index (χ3n) is 2.87. The fraction of sp³-hybridized carbons (Fsp3) is 0.133. The zero-order valence-electron chi connectivity index (χ0n) is 12.0. The molecule has 8 heteroatoms. The van der Waals surface area contributed by atoms with Crippen LogP contribution in [0.4, 0.5) is 14.5 Å². The predicted molar refractivity (Wildman–Crippen MR) is 80.6 cm³/mol. The van der Waals surface area contributed by atoms with Crippen molar-refractivity contribution in [2.45, 2.75) is 11.5 Å². The Labute approximate surface area is 131 Å². The second-order valence-corrected chi connectivity index (χ2v) is 6.61. The number of carbonyl (C=O) groups is 1. The average molecular weight is 341 g/mol. The Balaban J connectivity index is 2.20. The number of benzene rings is 2. The van der Waals surface area contributed by atoms with E-state index in [1.807, 2.05) is 0 Å². The average Bonchev–Trinajstić information content (AvgIpc) is 2.48. The first-order valence-corrected chi connectivity index (χ1v) is 8.32. The van der Waals surface area contributed by atoms with Crippen LogP contribution in [-0.4, -0.2) is 27.2 Å². The number of halogens is 2. The normalized spacial score (nSPS) is 11.3. The monoisotopic (exact) mass is 341 g/mol. The number of carbonyl (C=O) groups excluding carboxylic acids is 1. The van der Waals surface area contributed by atoms with E-state index in [1.54, 1.807) is 6.07 Å². The molecule has 0 unspecified atom stereocenters. The minimum absolute atomic E-state index is 0.00269. The van der Waals surface area contributed by atoms with Gasteiger partial charge in [-0.2, -0.15) is 8.78 Å². The highest BCUT2D eigenvalue weighted by molar-refractivity contribution is 7.90. The van der Waals surface area contributed by atoms with Gasteiger partial charge in [0.15, 0.2) is 9.84 Å². The first-order valence-electron chi connectivity index (χ1n) is 6.42. The van der Waals surface area contributed by atoms with Gasteiger partial charge in [0.2, 0.25) is 0 Å². The van der Waals surface area contributed by atoms with Crippen LogP contribution >= 0.6 is 0 Å². The van der Waals surface area contributed by atoms with Crippen molar-refractivity contribution in [1.29, 1.82) is 0 Å². The van der Waals surface area contributed by atoms with Gasteiger partial charge in [-0.3, -0.25) is 4.79 Å². The molecule has 0 atom stereocenters. The van der Waals surface area contributed by atoms with Crippen LogP contribution in [0.5, 0.6) is 5.75 Å². The van der Waals surface area contributed by atoms with Crippen LogP contribution in [0.25, 0.3) is 0 Å². The molecular formula is C15H13F2NO4S. The Morgan fingerprint density at radius 3 is 2.26 bits per heavy atom. The fourth-order valence-corrected chi connectivity index (χ4v) is 2.78. The molecule has 1 amide bonds. The number of anilines is 1. The van der Waals surface area contributed by atoms with Gasteiger partial charge in [0, 0.05) is 11.9 Å². The van der Waals surface area contributed by atoms with Crippen molar-refractivity contribution < 1.29 is 26.7 Å². The molecular weight excluding hydrogens is 328 g/mol. The van der Waals surface area contributed by atoms with Crippen molar-refractivity contribution in [3.63, 3.8) is 0 Å². The molecule has 1 N–H and O–H groups in total. The summed E-state index contributed by atoms with van der Waals surface area (Å²) in [6, 6.07) is 11.1. The third-order valence-corrected chi connectivity index (χ3v) is 4.02. The molecule has 0 spiro atoms. The largest absolute Gasteiger partial charge is 0.435 e. The lowest BCUT2D eigenvalue weighted by Gasteiger charge is -2.10. The molecule has 5 nitrogen and oxygen atoms in total. The molecule has 0 aliphatic rings. The molecule has 122 valence electrons. The Bertz CT molecular complexity index is 804. The van der Waals surface area contributed by atoms with Crippen LogP contribution in [0.2, 0.25) is 0 Å². The van der Waals surface area contributed by atoms with E-state index in [0.29, 0.717) is 5.69 Å². The van der Waals surface area contributed by atoms with Crippen LogP contribution in [0.3, 0.4) is 0 Å². The van der Waals surface area contributed by atoms with Gasteiger partial charge in [0.25, 0.3) is 5.91 Å². The van der Waals surface area contributed by atoms with Crippen molar-refractivity contribution in [3.05, 3.63) is 54.1 Å². The second-order valence-electron chi connectivity index (χ2n) is 4.63. The van der Waals surface area contributed by atoms with Crippen molar-refractivity contribution >= 4 is 21.4 Å². The van der Waals surface area contributed by atoms with E-state index in [4.69, 9.17) is 0 Å². The number of hydrogen-bond donors (Lipinski definition) is 1. The number of hydrogen-bond acceptors (Lipinski definition) is 4. The Morgan fingerprint density at radius 2 is 1.70 bits per heavy atom. The quantitative estimate of drug-likeness (QED) is 0.907. The molecule has 0 radical (unpaired) electrons. The summed E-state index contributed by atoms with van der Waals surface area (Å²) in [5.41, 5.74) is 0.322. The van der Waals surface area contributed by atoms with E-state index < -0.39 is 22.4 Å². The van der Waals surface area contributed by atoms with Crippen LogP contribution < -0.4 is 10.1 Å². The second kappa shape index (κ2) is 6.74.